The van der Waals surface area contributed by atoms with Gasteiger partial charge in [-0.1, -0.05) is 0 Å². The minimum Gasteiger partial charge on any atom is -0.478 e. The maximum Gasteiger partial charge on any atom is 0.337 e. The summed E-state index contributed by atoms with van der Waals surface area (Å²) >= 11 is 0.547. The van der Waals surface area contributed by atoms with Crippen molar-refractivity contribution in [3.63, 3.8) is 0 Å². The summed E-state index contributed by atoms with van der Waals surface area (Å²) in [5, 5.41) is 15.8. The predicted molar refractivity (Wildman–Crippen MR) is 127 cm³/mol. The molecule has 3 heterocycles. The van der Waals surface area contributed by atoms with Crippen LogP contribution in [0.1, 0.15) is 63.2 Å². The fourth-order valence-corrected chi connectivity index (χ4v) is 5.50. The number of hydrogen-bond acceptors (Lipinski definition) is 7. The number of carbonyl (C=O) groups is 3. The van der Waals surface area contributed by atoms with E-state index in [9.17, 15) is 19.5 Å². The van der Waals surface area contributed by atoms with Crippen molar-refractivity contribution in [2.75, 3.05) is 30.5 Å². The van der Waals surface area contributed by atoms with Gasteiger partial charge in [0.25, 0.3) is 0 Å². The van der Waals surface area contributed by atoms with Gasteiger partial charge in [0.05, 0.1) is 5.56 Å². The quantitative estimate of drug-likeness (QED) is 0.384. The van der Waals surface area contributed by atoms with Crippen molar-refractivity contribution in [2.45, 2.75) is 50.2 Å². The first-order chi connectivity index (χ1) is 16.9. The smallest absolute Gasteiger partial charge is 0.337 e. The average Bonchev–Trinajstić information content (AvgIpc) is 3.11. The van der Waals surface area contributed by atoms with E-state index in [4.69, 9.17) is 4.74 Å². The van der Waals surface area contributed by atoms with Crippen LogP contribution in [0.15, 0.2) is 36.5 Å². The molecule has 3 N–H and O–H groups in total. The van der Waals surface area contributed by atoms with Crippen LogP contribution < -0.4 is 15.5 Å². The third-order valence-electron chi connectivity index (χ3n) is 6.72. The molecular weight excluding hydrogens is 525 g/mol. The van der Waals surface area contributed by atoms with Crippen molar-refractivity contribution in [1.29, 1.82) is 0 Å². The fraction of sp³-hybridized carbons (Fsp3) is 0.440. The van der Waals surface area contributed by atoms with Crippen molar-refractivity contribution in [1.82, 2.24) is 10.3 Å². The third-order valence-corrected chi connectivity index (χ3v) is 7.54. The van der Waals surface area contributed by atoms with Gasteiger partial charge in [-0.2, -0.15) is 0 Å². The first kappa shape index (κ1) is 25.7. The number of aromatic nitrogens is 1. The van der Waals surface area contributed by atoms with Gasteiger partial charge in [0.1, 0.15) is 0 Å². The normalized spacial score (nSPS) is 20.9. The monoisotopic (exact) mass is 554 g/mol. The maximum atomic E-state index is 13.0. The number of piperidine rings is 1. The number of carbonyl (C=O) groups excluding carboxylic acids is 2. The Morgan fingerprint density at radius 1 is 1.14 bits per heavy atom. The number of nitrogens with zero attached hydrogens (tertiary/aromatic N) is 2. The zero-order valence-corrected chi connectivity index (χ0v) is 22.5. The first-order valence-electron chi connectivity index (χ1n) is 11.8. The summed E-state index contributed by atoms with van der Waals surface area (Å²) in [5.41, 5.74) is 1.66. The van der Waals surface area contributed by atoms with E-state index >= 15 is 0 Å². The SMILES string of the molecule is COCCCNc1cc(C(=O)NC2CC3CCC(C2)N3c2ccc([C](=O)[Y])cn2)ccc1C(=O)O. The van der Waals surface area contributed by atoms with Crippen LogP contribution in [0.5, 0.6) is 0 Å². The molecule has 2 saturated heterocycles. The first-order valence-corrected chi connectivity index (χ1v) is 13.2. The number of carboxylic acid groups (broad SMARTS) is 1. The number of ether oxygens (including phenoxy) is 1. The largest absolute Gasteiger partial charge is 0.478 e. The summed E-state index contributed by atoms with van der Waals surface area (Å²) in [6.45, 7) is 1.11. The number of fused-ring (bicyclic) bond motifs is 2. The van der Waals surface area contributed by atoms with Crippen LogP contribution in [0, 0.1) is 0 Å². The number of aromatic carboxylic acids is 1. The second-order valence-corrected chi connectivity index (χ2v) is 10.3. The van der Waals surface area contributed by atoms with Crippen molar-refractivity contribution >= 4 is 26.0 Å². The van der Waals surface area contributed by atoms with Gasteiger partial charge in [-0.05, 0) is 24.6 Å². The van der Waals surface area contributed by atoms with Crippen LogP contribution >= 0.6 is 0 Å². The molecule has 2 aromatic rings. The molecular formula is C25H29N4O5Y. The topological polar surface area (TPSA) is 121 Å². The molecule has 10 heteroatoms. The average molecular weight is 554 g/mol. The second-order valence-electron chi connectivity index (χ2n) is 9.04. The maximum absolute atomic E-state index is 13.0. The van der Waals surface area contributed by atoms with Crippen LogP contribution in [-0.4, -0.2) is 62.9 Å². The molecule has 4 rings (SSSR count). The molecule has 2 unspecified atom stereocenters. The zero-order valence-electron chi connectivity index (χ0n) is 19.7. The van der Waals surface area contributed by atoms with Crippen LogP contribution in [-0.2, 0) is 35.7 Å². The minimum atomic E-state index is -1.04. The summed E-state index contributed by atoms with van der Waals surface area (Å²) in [4.78, 5) is 43.1. The van der Waals surface area contributed by atoms with Gasteiger partial charge in [0.15, 0.2) is 0 Å². The van der Waals surface area contributed by atoms with E-state index in [0.717, 1.165) is 37.9 Å². The van der Waals surface area contributed by atoms with Crippen LogP contribution in [0.2, 0.25) is 0 Å². The minimum absolute atomic E-state index is 0.0376. The van der Waals surface area contributed by atoms with Crippen molar-refractivity contribution in [2.24, 2.45) is 0 Å². The number of rotatable bonds is 10. The van der Waals surface area contributed by atoms with Gasteiger partial charge in [-0.15, -0.1) is 0 Å². The van der Waals surface area contributed by atoms with Crippen molar-refractivity contribution in [3.8, 4) is 0 Å². The van der Waals surface area contributed by atoms with Gasteiger partial charge in [0.2, 0.25) is 0 Å². The molecule has 182 valence electrons. The van der Waals surface area contributed by atoms with Gasteiger partial charge >= 0.3 is 149 Å². The van der Waals surface area contributed by atoms with Crippen molar-refractivity contribution < 1.29 is 55.2 Å². The molecule has 2 atom stereocenters. The molecule has 9 nitrogen and oxygen atoms in total. The Morgan fingerprint density at radius 3 is 2.46 bits per heavy atom. The molecule has 0 aliphatic carbocycles. The molecule has 2 aliphatic heterocycles. The zero-order chi connectivity index (χ0) is 24.9. The molecule has 2 fully saturated rings. The Kier molecular flexibility index (Phi) is 8.52. The van der Waals surface area contributed by atoms with Crippen molar-refractivity contribution in [3.05, 3.63) is 53.2 Å². The number of pyridine rings is 1. The number of benzene rings is 1. The van der Waals surface area contributed by atoms with E-state index in [2.05, 4.69) is 20.5 Å². The molecule has 2 aliphatic rings. The predicted octanol–water partition coefficient (Wildman–Crippen LogP) is 2.85. The summed E-state index contributed by atoms with van der Waals surface area (Å²) in [6.07, 6.45) is 6.12. The Balaban J connectivity index is 1.41. The molecule has 0 saturated carbocycles. The van der Waals surface area contributed by atoms with E-state index in [0.29, 0.717) is 60.9 Å². The summed E-state index contributed by atoms with van der Waals surface area (Å²) in [7, 11) is 1.62. The number of nitrogens with one attached hydrogen (secondary N) is 2. The molecule has 2 bridgehead atoms. The Labute approximate surface area is 224 Å². The van der Waals surface area contributed by atoms with Gasteiger partial charge < -0.3 is 15.2 Å². The fourth-order valence-electron chi connectivity index (χ4n) is 5.08. The van der Waals surface area contributed by atoms with Gasteiger partial charge in [-0.25, -0.2) is 4.79 Å². The molecule has 1 amide bonds. The van der Waals surface area contributed by atoms with E-state index in [1.165, 1.54) is 6.07 Å². The summed E-state index contributed by atoms with van der Waals surface area (Å²) in [5.74, 6) is -0.351. The Bertz CT molecular complexity index is 1080. The van der Waals surface area contributed by atoms with Gasteiger partial charge in [0, 0.05) is 25.9 Å². The van der Waals surface area contributed by atoms with Gasteiger partial charge in [-0.3, -0.25) is 0 Å². The van der Waals surface area contributed by atoms with E-state index in [1.54, 1.807) is 25.4 Å². The number of carboxylic acids is 1. The molecule has 0 radical (unpaired) electrons. The van der Waals surface area contributed by atoms with E-state index < -0.39 is 5.97 Å². The van der Waals surface area contributed by atoms with E-state index in [-0.39, 0.29) is 32.2 Å². The van der Waals surface area contributed by atoms with Crippen LogP contribution in [0.4, 0.5) is 11.5 Å². The van der Waals surface area contributed by atoms with E-state index in [1.807, 2.05) is 12.1 Å². The second kappa shape index (κ2) is 11.6. The molecule has 0 spiro atoms. The number of methoxy groups -OCH3 is 1. The molecule has 1 aromatic heterocycles. The number of amides is 1. The molecule has 35 heavy (non-hydrogen) atoms. The molecule has 1 aromatic carbocycles. The Morgan fingerprint density at radius 2 is 1.86 bits per heavy atom. The number of anilines is 2. The Hall–Kier alpha value is -2.36. The van der Waals surface area contributed by atoms with Crippen LogP contribution in [0.25, 0.3) is 0 Å². The summed E-state index contributed by atoms with van der Waals surface area (Å²) in [6, 6.07) is 9.04. The number of hydrogen-bond donors (Lipinski definition) is 3. The summed E-state index contributed by atoms with van der Waals surface area (Å²) < 4.78 is 5.17. The van der Waals surface area contributed by atoms with Crippen LogP contribution in [0.3, 0.4) is 0 Å². The standard InChI is InChI=1S/C25H29N4O5.Y/c1-34-10-2-9-26-22-11-17(4-7-21(22)25(32)33)24(31)28-18-12-19-5-6-20(13-18)29(19)23-8-3-16(15-30)14-27-23;/h3-4,7-8,11,14,18-20,26H,2,5-6,9-10,12-13H2,1H3,(H,28,31)(H,32,33);. The third kappa shape index (κ3) is 6.08.